The minimum Gasteiger partial charge on any atom is -0.387 e. The van der Waals surface area contributed by atoms with Crippen LogP contribution in [0.25, 0.3) is 0 Å². The number of hydrogen-bond donors (Lipinski definition) is 2. The van der Waals surface area contributed by atoms with Crippen LogP contribution in [0.1, 0.15) is 44.4 Å². The summed E-state index contributed by atoms with van der Waals surface area (Å²) in [6.45, 7) is 8.36. The van der Waals surface area contributed by atoms with Gasteiger partial charge in [0.2, 0.25) is 0 Å². The fourth-order valence-electron chi connectivity index (χ4n) is 1.71. The molecule has 2 nitrogen and oxygen atoms in total. The van der Waals surface area contributed by atoms with E-state index in [1.807, 2.05) is 31.2 Å². The standard InChI is InChI=1S/C14H23NO/c1-5-11(3)15-12(4)14(16)13-8-6-10(2)7-9-13/h6-9,11-12,14-16H,5H2,1-4H3. The fourth-order valence-corrected chi connectivity index (χ4v) is 1.71. The number of rotatable bonds is 5. The van der Waals surface area contributed by atoms with Crippen LogP contribution in [0.3, 0.4) is 0 Å². The van der Waals surface area contributed by atoms with Gasteiger partial charge in [0.25, 0.3) is 0 Å². The number of aliphatic hydroxyl groups is 1. The second-order valence-electron chi connectivity index (χ2n) is 4.62. The lowest BCUT2D eigenvalue weighted by Gasteiger charge is -2.24. The molecular weight excluding hydrogens is 198 g/mol. The first-order valence-electron chi connectivity index (χ1n) is 6.05. The molecule has 0 heterocycles. The van der Waals surface area contributed by atoms with Gasteiger partial charge in [-0.05, 0) is 32.8 Å². The molecule has 0 aromatic heterocycles. The summed E-state index contributed by atoms with van der Waals surface area (Å²) < 4.78 is 0. The van der Waals surface area contributed by atoms with E-state index < -0.39 is 6.10 Å². The third kappa shape index (κ3) is 3.62. The maximum Gasteiger partial charge on any atom is 0.0940 e. The second-order valence-corrected chi connectivity index (χ2v) is 4.62. The van der Waals surface area contributed by atoms with E-state index in [1.54, 1.807) is 0 Å². The summed E-state index contributed by atoms with van der Waals surface area (Å²) in [4.78, 5) is 0. The van der Waals surface area contributed by atoms with E-state index in [0.717, 1.165) is 12.0 Å². The van der Waals surface area contributed by atoms with Crippen LogP contribution < -0.4 is 5.32 Å². The second kappa shape index (κ2) is 6.02. The molecule has 0 amide bonds. The highest BCUT2D eigenvalue weighted by molar-refractivity contribution is 5.23. The molecule has 1 rings (SSSR count). The van der Waals surface area contributed by atoms with Crippen molar-refractivity contribution in [1.29, 1.82) is 0 Å². The molecule has 2 N–H and O–H groups in total. The van der Waals surface area contributed by atoms with Crippen LogP contribution in [0.2, 0.25) is 0 Å². The Bertz CT molecular complexity index is 307. The van der Waals surface area contributed by atoms with Gasteiger partial charge in [-0.3, -0.25) is 0 Å². The highest BCUT2D eigenvalue weighted by Gasteiger charge is 2.17. The zero-order chi connectivity index (χ0) is 12.1. The summed E-state index contributed by atoms with van der Waals surface area (Å²) in [5.41, 5.74) is 2.20. The van der Waals surface area contributed by atoms with E-state index in [-0.39, 0.29) is 6.04 Å². The molecule has 0 fully saturated rings. The predicted octanol–water partition coefficient (Wildman–Crippen LogP) is 2.81. The first kappa shape index (κ1) is 13.2. The highest BCUT2D eigenvalue weighted by Crippen LogP contribution is 2.17. The molecule has 1 aromatic rings. The Balaban J connectivity index is 2.62. The molecule has 90 valence electrons. The average Bonchev–Trinajstić information content (AvgIpc) is 2.28. The Labute approximate surface area is 98.7 Å². The number of aryl methyl sites for hydroxylation is 1. The van der Waals surface area contributed by atoms with Crippen molar-refractivity contribution in [3.63, 3.8) is 0 Å². The number of nitrogens with one attached hydrogen (secondary N) is 1. The van der Waals surface area contributed by atoms with Crippen molar-refractivity contribution in [3.05, 3.63) is 35.4 Å². The smallest absolute Gasteiger partial charge is 0.0940 e. The summed E-state index contributed by atoms with van der Waals surface area (Å²) >= 11 is 0. The molecule has 3 atom stereocenters. The van der Waals surface area contributed by atoms with Crippen molar-refractivity contribution >= 4 is 0 Å². The molecule has 3 unspecified atom stereocenters. The molecule has 0 saturated heterocycles. The van der Waals surface area contributed by atoms with Gasteiger partial charge < -0.3 is 10.4 Å². The van der Waals surface area contributed by atoms with Crippen LogP contribution in [0.4, 0.5) is 0 Å². The van der Waals surface area contributed by atoms with Gasteiger partial charge in [-0.2, -0.15) is 0 Å². The van der Waals surface area contributed by atoms with Gasteiger partial charge >= 0.3 is 0 Å². The SMILES string of the molecule is CCC(C)NC(C)C(O)c1ccc(C)cc1. The summed E-state index contributed by atoms with van der Waals surface area (Å²) in [6.07, 6.45) is 0.639. The first-order chi connectivity index (χ1) is 7.54. The summed E-state index contributed by atoms with van der Waals surface area (Å²) in [7, 11) is 0. The summed E-state index contributed by atoms with van der Waals surface area (Å²) in [5, 5.41) is 13.6. The molecule has 0 aliphatic carbocycles. The highest BCUT2D eigenvalue weighted by atomic mass is 16.3. The number of hydrogen-bond acceptors (Lipinski definition) is 2. The molecule has 0 aliphatic rings. The summed E-state index contributed by atoms with van der Waals surface area (Å²) in [5.74, 6) is 0. The Morgan fingerprint density at radius 3 is 2.25 bits per heavy atom. The molecule has 0 aliphatic heterocycles. The maximum absolute atomic E-state index is 10.2. The van der Waals surface area contributed by atoms with Crippen molar-refractivity contribution in [2.24, 2.45) is 0 Å². The van der Waals surface area contributed by atoms with Gasteiger partial charge in [-0.15, -0.1) is 0 Å². The van der Waals surface area contributed by atoms with Crippen molar-refractivity contribution in [2.75, 3.05) is 0 Å². The van der Waals surface area contributed by atoms with E-state index >= 15 is 0 Å². The zero-order valence-corrected chi connectivity index (χ0v) is 10.7. The molecule has 0 saturated carbocycles. The van der Waals surface area contributed by atoms with Gasteiger partial charge in [-0.1, -0.05) is 36.8 Å². The van der Waals surface area contributed by atoms with Crippen LogP contribution in [-0.2, 0) is 0 Å². The minimum atomic E-state index is -0.436. The molecule has 2 heteroatoms. The van der Waals surface area contributed by atoms with Crippen molar-refractivity contribution in [3.8, 4) is 0 Å². The number of benzene rings is 1. The first-order valence-corrected chi connectivity index (χ1v) is 6.05. The monoisotopic (exact) mass is 221 g/mol. The van der Waals surface area contributed by atoms with Gasteiger partial charge in [-0.25, -0.2) is 0 Å². The van der Waals surface area contributed by atoms with Crippen LogP contribution in [0, 0.1) is 6.92 Å². The fraction of sp³-hybridized carbons (Fsp3) is 0.571. The zero-order valence-electron chi connectivity index (χ0n) is 10.7. The van der Waals surface area contributed by atoms with Crippen LogP contribution in [-0.4, -0.2) is 17.2 Å². The molecule has 0 radical (unpaired) electrons. The van der Waals surface area contributed by atoms with Crippen LogP contribution in [0.15, 0.2) is 24.3 Å². The third-order valence-electron chi connectivity index (χ3n) is 3.05. The normalized spacial score (nSPS) is 16.8. The lowest BCUT2D eigenvalue weighted by molar-refractivity contribution is 0.130. The Kier molecular flexibility index (Phi) is 4.97. The van der Waals surface area contributed by atoms with Crippen molar-refractivity contribution in [2.45, 2.75) is 52.3 Å². The van der Waals surface area contributed by atoms with Gasteiger partial charge in [0.1, 0.15) is 0 Å². The van der Waals surface area contributed by atoms with Crippen LogP contribution >= 0.6 is 0 Å². The van der Waals surface area contributed by atoms with E-state index in [9.17, 15) is 5.11 Å². The molecule has 0 spiro atoms. The molecular formula is C14H23NO. The van der Waals surface area contributed by atoms with E-state index in [1.165, 1.54) is 5.56 Å². The largest absolute Gasteiger partial charge is 0.387 e. The Morgan fingerprint density at radius 1 is 1.19 bits per heavy atom. The third-order valence-corrected chi connectivity index (χ3v) is 3.05. The summed E-state index contributed by atoms with van der Waals surface area (Å²) in [6, 6.07) is 8.58. The van der Waals surface area contributed by atoms with Crippen molar-refractivity contribution in [1.82, 2.24) is 5.32 Å². The number of aliphatic hydroxyl groups excluding tert-OH is 1. The average molecular weight is 221 g/mol. The molecule has 0 bridgehead atoms. The van der Waals surface area contributed by atoms with E-state index in [0.29, 0.717) is 6.04 Å². The topological polar surface area (TPSA) is 32.3 Å². The minimum absolute atomic E-state index is 0.0812. The maximum atomic E-state index is 10.2. The Hall–Kier alpha value is -0.860. The lowest BCUT2D eigenvalue weighted by atomic mass is 10.0. The van der Waals surface area contributed by atoms with E-state index in [2.05, 4.69) is 26.1 Å². The van der Waals surface area contributed by atoms with Gasteiger partial charge in [0, 0.05) is 12.1 Å². The van der Waals surface area contributed by atoms with Crippen molar-refractivity contribution < 1.29 is 5.11 Å². The van der Waals surface area contributed by atoms with Gasteiger partial charge in [0.15, 0.2) is 0 Å². The molecule has 1 aromatic carbocycles. The van der Waals surface area contributed by atoms with Crippen LogP contribution in [0.5, 0.6) is 0 Å². The molecule has 16 heavy (non-hydrogen) atoms. The quantitative estimate of drug-likeness (QED) is 0.801. The predicted molar refractivity (Wildman–Crippen MR) is 68.5 cm³/mol. The van der Waals surface area contributed by atoms with E-state index in [4.69, 9.17) is 0 Å². The van der Waals surface area contributed by atoms with Gasteiger partial charge in [0.05, 0.1) is 6.10 Å². The lowest BCUT2D eigenvalue weighted by Crippen LogP contribution is -2.38. The Morgan fingerprint density at radius 2 is 1.75 bits per heavy atom.